The third kappa shape index (κ3) is 3.42. The van der Waals surface area contributed by atoms with Crippen LogP contribution in [0.15, 0.2) is 24.3 Å². The molecule has 20 heavy (non-hydrogen) atoms. The summed E-state index contributed by atoms with van der Waals surface area (Å²) in [6.07, 6.45) is 5.39. The van der Waals surface area contributed by atoms with Crippen LogP contribution < -0.4 is 5.73 Å². The van der Waals surface area contributed by atoms with E-state index in [9.17, 15) is 0 Å². The zero-order chi connectivity index (χ0) is 14.8. The fourth-order valence-electron chi connectivity index (χ4n) is 3.31. The highest BCUT2D eigenvalue weighted by molar-refractivity contribution is 5.29. The van der Waals surface area contributed by atoms with E-state index in [0.29, 0.717) is 18.6 Å². The predicted octanol–water partition coefficient (Wildman–Crippen LogP) is 3.86. The number of benzene rings is 1. The molecule has 1 atom stereocenters. The second kappa shape index (κ2) is 6.28. The first-order chi connectivity index (χ1) is 9.43. The van der Waals surface area contributed by atoms with Gasteiger partial charge in [-0.25, -0.2) is 0 Å². The molecule has 0 heterocycles. The van der Waals surface area contributed by atoms with E-state index in [0.717, 1.165) is 0 Å². The van der Waals surface area contributed by atoms with Crippen molar-refractivity contribution in [2.45, 2.75) is 64.0 Å². The Balaban J connectivity index is 2.14. The second-order valence-corrected chi connectivity index (χ2v) is 7.23. The number of rotatable bonds is 4. The molecular formula is C18H30N2. The van der Waals surface area contributed by atoms with E-state index in [-0.39, 0.29) is 5.41 Å². The maximum absolute atomic E-state index is 6.06. The molecule has 2 N–H and O–H groups in total. The Morgan fingerprint density at radius 1 is 1.15 bits per heavy atom. The van der Waals surface area contributed by atoms with Crippen molar-refractivity contribution in [1.29, 1.82) is 0 Å². The maximum atomic E-state index is 6.06. The van der Waals surface area contributed by atoms with Crippen LogP contribution in [-0.4, -0.2) is 24.5 Å². The first-order valence-electron chi connectivity index (χ1n) is 7.96. The third-order valence-electron chi connectivity index (χ3n) is 4.78. The van der Waals surface area contributed by atoms with E-state index < -0.39 is 0 Å². The lowest BCUT2D eigenvalue weighted by Crippen LogP contribution is -2.37. The highest BCUT2D eigenvalue weighted by Gasteiger charge is 2.26. The van der Waals surface area contributed by atoms with Gasteiger partial charge in [0.1, 0.15) is 0 Å². The molecule has 2 rings (SSSR count). The molecule has 1 saturated carbocycles. The van der Waals surface area contributed by atoms with Crippen LogP contribution in [0, 0.1) is 0 Å². The van der Waals surface area contributed by atoms with Crippen LogP contribution in [0.5, 0.6) is 0 Å². The standard InChI is InChI=1S/C18H30N2/c1-18(2,3)15-11-9-14(10-12-15)17(13-19)20(4)16-7-5-6-8-16/h9-12,16-17H,5-8,13,19H2,1-4H3. The zero-order valence-electron chi connectivity index (χ0n) is 13.5. The molecule has 0 saturated heterocycles. The van der Waals surface area contributed by atoms with Crippen molar-refractivity contribution >= 4 is 0 Å². The van der Waals surface area contributed by atoms with Crippen LogP contribution in [-0.2, 0) is 5.41 Å². The highest BCUT2D eigenvalue weighted by atomic mass is 15.2. The lowest BCUT2D eigenvalue weighted by atomic mass is 9.86. The van der Waals surface area contributed by atoms with Gasteiger partial charge in [0.05, 0.1) is 0 Å². The van der Waals surface area contributed by atoms with E-state index in [1.165, 1.54) is 36.8 Å². The summed E-state index contributed by atoms with van der Waals surface area (Å²) in [5.41, 5.74) is 9.02. The van der Waals surface area contributed by atoms with Crippen LogP contribution in [0.4, 0.5) is 0 Å². The van der Waals surface area contributed by atoms with Gasteiger partial charge in [0.25, 0.3) is 0 Å². The molecule has 1 aromatic rings. The van der Waals surface area contributed by atoms with Crippen LogP contribution >= 0.6 is 0 Å². The van der Waals surface area contributed by atoms with Gasteiger partial charge in [0.2, 0.25) is 0 Å². The van der Waals surface area contributed by atoms with Crippen LogP contribution in [0.2, 0.25) is 0 Å². The molecule has 0 radical (unpaired) electrons. The summed E-state index contributed by atoms with van der Waals surface area (Å²) in [6, 6.07) is 10.1. The van der Waals surface area contributed by atoms with E-state index in [1.54, 1.807) is 0 Å². The van der Waals surface area contributed by atoms with Crippen LogP contribution in [0.3, 0.4) is 0 Å². The number of hydrogen-bond acceptors (Lipinski definition) is 2. The quantitative estimate of drug-likeness (QED) is 0.903. The fourth-order valence-corrected chi connectivity index (χ4v) is 3.31. The minimum absolute atomic E-state index is 0.216. The van der Waals surface area contributed by atoms with Crippen LogP contribution in [0.25, 0.3) is 0 Å². The van der Waals surface area contributed by atoms with Crippen molar-refractivity contribution in [3.63, 3.8) is 0 Å². The normalized spacial score (nSPS) is 18.7. The Hall–Kier alpha value is -0.860. The van der Waals surface area contributed by atoms with Gasteiger partial charge in [0, 0.05) is 18.6 Å². The second-order valence-electron chi connectivity index (χ2n) is 7.23. The van der Waals surface area contributed by atoms with Crippen molar-refractivity contribution in [3.05, 3.63) is 35.4 Å². The Morgan fingerprint density at radius 3 is 2.15 bits per heavy atom. The van der Waals surface area contributed by atoms with Gasteiger partial charge >= 0.3 is 0 Å². The molecule has 0 bridgehead atoms. The fraction of sp³-hybridized carbons (Fsp3) is 0.667. The van der Waals surface area contributed by atoms with Gasteiger partial charge in [-0.05, 0) is 36.4 Å². The topological polar surface area (TPSA) is 29.3 Å². The van der Waals surface area contributed by atoms with Gasteiger partial charge in [-0.15, -0.1) is 0 Å². The maximum Gasteiger partial charge on any atom is 0.0470 e. The average molecular weight is 274 g/mol. The Morgan fingerprint density at radius 2 is 1.70 bits per heavy atom. The largest absolute Gasteiger partial charge is 0.329 e. The van der Waals surface area contributed by atoms with Crippen molar-refractivity contribution in [1.82, 2.24) is 4.90 Å². The first-order valence-corrected chi connectivity index (χ1v) is 7.96. The summed E-state index contributed by atoms with van der Waals surface area (Å²) >= 11 is 0. The molecule has 0 aliphatic heterocycles. The van der Waals surface area contributed by atoms with Gasteiger partial charge < -0.3 is 5.73 Å². The molecular weight excluding hydrogens is 244 g/mol. The van der Waals surface area contributed by atoms with Crippen molar-refractivity contribution < 1.29 is 0 Å². The molecule has 0 amide bonds. The SMILES string of the molecule is CN(C1CCCC1)C(CN)c1ccc(C(C)(C)C)cc1. The lowest BCUT2D eigenvalue weighted by molar-refractivity contribution is 0.179. The van der Waals surface area contributed by atoms with E-state index in [1.807, 2.05) is 0 Å². The number of nitrogens with zero attached hydrogens (tertiary/aromatic N) is 1. The van der Waals surface area contributed by atoms with Crippen molar-refractivity contribution in [2.75, 3.05) is 13.6 Å². The average Bonchev–Trinajstić information content (AvgIpc) is 2.93. The first kappa shape index (κ1) is 15.5. The van der Waals surface area contributed by atoms with Crippen molar-refractivity contribution in [3.8, 4) is 0 Å². The lowest BCUT2D eigenvalue weighted by Gasteiger charge is -2.33. The monoisotopic (exact) mass is 274 g/mol. The summed E-state index contributed by atoms with van der Waals surface area (Å²) in [4.78, 5) is 2.50. The Labute approximate surface area is 124 Å². The van der Waals surface area contributed by atoms with Gasteiger partial charge in [-0.2, -0.15) is 0 Å². The molecule has 2 heteroatoms. The van der Waals surface area contributed by atoms with Crippen molar-refractivity contribution in [2.24, 2.45) is 5.73 Å². The molecule has 1 unspecified atom stereocenters. The summed E-state index contributed by atoms with van der Waals surface area (Å²) in [5.74, 6) is 0. The molecule has 1 aliphatic rings. The number of hydrogen-bond donors (Lipinski definition) is 1. The summed E-state index contributed by atoms with van der Waals surface area (Å²) in [7, 11) is 2.24. The minimum Gasteiger partial charge on any atom is -0.329 e. The van der Waals surface area contributed by atoms with E-state index in [4.69, 9.17) is 5.73 Å². The smallest absolute Gasteiger partial charge is 0.0470 e. The number of nitrogens with two attached hydrogens (primary N) is 1. The Bertz CT molecular complexity index is 410. The van der Waals surface area contributed by atoms with Gasteiger partial charge in [0.15, 0.2) is 0 Å². The highest BCUT2D eigenvalue weighted by Crippen LogP contribution is 2.30. The minimum atomic E-state index is 0.216. The predicted molar refractivity (Wildman–Crippen MR) is 87.0 cm³/mol. The number of likely N-dealkylation sites (N-methyl/N-ethyl adjacent to an activating group) is 1. The molecule has 1 aromatic carbocycles. The Kier molecular flexibility index (Phi) is 4.87. The molecule has 1 fully saturated rings. The molecule has 1 aliphatic carbocycles. The molecule has 0 spiro atoms. The van der Waals surface area contributed by atoms with Gasteiger partial charge in [-0.1, -0.05) is 57.9 Å². The summed E-state index contributed by atoms with van der Waals surface area (Å²) in [6.45, 7) is 7.47. The van der Waals surface area contributed by atoms with E-state index in [2.05, 4.69) is 57.0 Å². The molecule has 112 valence electrons. The molecule has 2 nitrogen and oxygen atoms in total. The van der Waals surface area contributed by atoms with E-state index >= 15 is 0 Å². The van der Waals surface area contributed by atoms with Crippen LogP contribution in [0.1, 0.15) is 63.6 Å². The summed E-state index contributed by atoms with van der Waals surface area (Å²) < 4.78 is 0. The summed E-state index contributed by atoms with van der Waals surface area (Å²) in [5, 5.41) is 0. The van der Waals surface area contributed by atoms with Gasteiger partial charge in [-0.3, -0.25) is 4.90 Å². The zero-order valence-corrected chi connectivity index (χ0v) is 13.5. The molecule has 0 aromatic heterocycles. The third-order valence-corrected chi connectivity index (χ3v) is 4.78.